The fourth-order valence-electron chi connectivity index (χ4n) is 4.59. The van der Waals surface area contributed by atoms with Gasteiger partial charge in [0, 0.05) is 20.0 Å². The molecule has 7 heteroatoms. The van der Waals surface area contributed by atoms with Crippen LogP contribution in [0.3, 0.4) is 0 Å². The number of piperidine rings is 1. The predicted octanol–water partition coefficient (Wildman–Crippen LogP) is 3.13. The van der Waals surface area contributed by atoms with E-state index in [4.69, 9.17) is 0 Å². The summed E-state index contributed by atoms with van der Waals surface area (Å²) in [4.78, 5) is 27.0. The van der Waals surface area contributed by atoms with Crippen molar-refractivity contribution in [2.45, 2.75) is 31.8 Å². The number of para-hydroxylation sites is 1. The third-order valence-electron chi connectivity index (χ3n) is 6.68. The van der Waals surface area contributed by atoms with Gasteiger partial charge in [-0.2, -0.15) is 5.26 Å². The molecule has 2 aromatic rings. The van der Waals surface area contributed by atoms with Gasteiger partial charge in [0.05, 0.1) is 23.0 Å². The summed E-state index contributed by atoms with van der Waals surface area (Å²) in [6.45, 7) is 3.63. The van der Waals surface area contributed by atoms with E-state index in [1.807, 2.05) is 37.4 Å². The first-order valence-electron chi connectivity index (χ1n) is 11.1. The zero-order valence-corrected chi connectivity index (χ0v) is 18.5. The van der Waals surface area contributed by atoms with Crippen LogP contribution in [0.5, 0.6) is 0 Å². The molecular formula is C25H29N5O2. The molecule has 2 aromatic carbocycles. The van der Waals surface area contributed by atoms with Crippen LogP contribution in [0, 0.1) is 23.2 Å². The molecule has 7 nitrogen and oxygen atoms in total. The molecule has 0 aromatic heterocycles. The Balaban J connectivity index is 1.55. The van der Waals surface area contributed by atoms with Gasteiger partial charge in [0.1, 0.15) is 12.1 Å². The highest BCUT2D eigenvalue weighted by Gasteiger charge is 2.35. The maximum absolute atomic E-state index is 13.1. The molecule has 4 rings (SSSR count). The van der Waals surface area contributed by atoms with Crippen LogP contribution in [-0.4, -0.2) is 42.9 Å². The third-order valence-corrected chi connectivity index (χ3v) is 6.68. The van der Waals surface area contributed by atoms with Crippen LogP contribution in [0.1, 0.15) is 36.9 Å². The second kappa shape index (κ2) is 9.41. The third kappa shape index (κ3) is 4.46. The number of nitrogens with one attached hydrogen (secondary N) is 3. The van der Waals surface area contributed by atoms with Crippen LogP contribution in [0.15, 0.2) is 48.5 Å². The lowest BCUT2D eigenvalue weighted by Crippen LogP contribution is -2.49. The van der Waals surface area contributed by atoms with Crippen LogP contribution in [-0.2, 0) is 9.59 Å². The van der Waals surface area contributed by atoms with Crippen LogP contribution < -0.4 is 16.0 Å². The quantitative estimate of drug-likeness (QED) is 0.653. The smallest absolute Gasteiger partial charge is 0.248 e. The molecule has 3 N–H and O–H groups in total. The van der Waals surface area contributed by atoms with Gasteiger partial charge in [-0.3, -0.25) is 9.59 Å². The van der Waals surface area contributed by atoms with Crippen molar-refractivity contribution in [1.82, 2.24) is 10.2 Å². The fraction of sp³-hybridized carbons (Fsp3) is 0.400. The van der Waals surface area contributed by atoms with E-state index in [9.17, 15) is 14.9 Å². The Bertz CT molecular complexity index is 1030. The molecule has 166 valence electrons. The highest BCUT2D eigenvalue weighted by Crippen LogP contribution is 2.34. The minimum Gasteiger partial charge on any atom is -0.369 e. The van der Waals surface area contributed by atoms with Gasteiger partial charge in [0.2, 0.25) is 11.8 Å². The monoisotopic (exact) mass is 431 g/mol. The molecule has 4 atom stereocenters. The van der Waals surface area contributed by atoms with Crippen molar-refractivity contribution in [2.75, 3.05) is 30.8 Å². The number of carbonyl (C=O) groups is 2. The van der Waals surface area contributed by atoms with Crippen LogP contribution >= 0.6 is 0 Å². The lowest BCUT2D eigenvalue weighted by Gasteiger charge is -2.36. The summed E-state index contributed by atoms with van der Waals surface area (Å²) in [7, 11) is 1.85. The van der Waals surface area contributed by atoms with Gasteiger partial charge in [0.25, 0.3) is 0 Å². The normalized spacial score (nSPS) is 22.2. The number of nitriles is 1. The molecule has 2 unspecified atom stereocenters. The summed E-state index contributed by atoms with van der Waals surface area (Å²) in [5.41, 5.74) is 2.76. The molecule has 0 bridgehead atoms. The van der Waals surface area contributed by atoms with Gasteiger partial charge in [-0.25, -0.2) is 0 Å². The van der Waals surface area contributed by atoms with Gasteiger partial charge in [-0.1, -0.05) is 43.3 Å². The SMILES string of the molecule is CC(CN[C@H](c1ccccc1)[C@@H]1Nc2c(C#N)cccc2NC1=O)C1CCN(C)C(=O)C1. The Labute approximate surface area is 188 Å². The summed E-state index contributed by atoms with van der Waals surface area (Å²) in [5, 5.41) is 19.4. The van der Waals surface area contributed by atoms with Crippen molar-refractivity contribution in [2.24, 2.45) is 11.8 Å². The number of carbonyl (C=O) groups excluding carboxylic acids is 2. The molecule has 2 aliphatic heterocycles. The average Bonchev–Trinajstić information content (AvgIpc) is 2.81. The maximum atomic E-state index is 13.1. The topological polar surface area (TPSA) is 97.3 Å². The molecule has 2 amide bonds. The van der Waals surface area contributed by atoms with Crippen molar-refractivity contribution in [3.63, 3.8) is 0 Å². The average molecular weight is 432 g/mol. The Morgan fingerprint density at radius 2 is 1.97 bits per heavy atom. The van der Waals surface area contributed by atoms with E-state index in [0.717, 1.165) is 18.5 Å². The van der Waals surface area contributed by atoms with E-state index >= 15 is 0 Å². The number of amides is 2. The summed E-state index contributed by atoms with van der Waals surface area (Å²) < 4.78 is 0. The zero-order valence-electron chi connectivity index (χ0n) is 18.5. The minimum atomic E-state index is -0.578. The first kappa shape index (κ1) is 21.8. The second-order valence-electron chi connectivity index (χ2n) is 8.79. The molecule has 32 heavy (non-hydrogen) atoms. The Morgan fingerprint density at radius 1 is 1.19 bits per heavy atom. The Hall–Kier alpha value is -3.37. The number of nitrogens with zero attached hydrogens (tertiary/aromatic N) is 2. The standard InChI is InChI=1S/C25H29N5O2/c1-16(18-11-12-30(2)21(31)13-18)15-27-23(17-7-4-3-5-8-17)24-25(32)28-20-10-6-9-19(14-26)22(20)29-24/h3-10,16,18,23-24,27,29H,11-13,15H2,1-2H3,(H,28,32)/t16?,18?,23-,24+/m1/s1. The number of anilines is 2. The lowest BCUT2D eigenvalue weighted by molar-refractivity contribution is -0.134. The summed E-state index contributed by atoms with van der Waals surface area (Å²) >= 11 is 0. The molecule has 2 heterocycles. The molecule has 0 saturated carbocycles. The lowest BCUT2D eigenvalue weighted by atomic mass is 9.84. The number of benzene rings is 2. The predicted molar refractivity (Wildman–Crippen MR) is 124 cm³/mol. The molecular weight excluding hydrogens is 402 g/mol. The Morgan fingerprint density at radius 3 is 2.69 bits per heavy atom. The van der Waals surface area contributed by atoms with E-state index in [1.165, 1.54) is 0 Å². The number of fused-ring (bicyclic) bond motifs is 1. The van der Waals surface area contributed by atoms with E-state index in [0.29, 0.717) is 35.8 Å². The van der Waals surface area contributed by atoms with Crippen molar-refractivity contribution in [3.05, 3.63) is 59.7 Å². The van der Waals surface area contributed by atoms with Crippen molar-refractivity contribution in [1.29, 1.82) is 5.26 Å². The molecule has 1 fully saturated rings. The van der Waals surface area contributed by atoms with Crippen LogP contribution in [0.25, 0.3) is 0 Å². The second-order valence-corrected chi connectivity index (χ2v) is 8.79. The minimum absolute atomic E-state index is 0.143. The summed E-state index contributed by atoms with van der Waals surface area (Å²) in [5.74, 6) is 0.659. The van der Waals surface area contributed by atoms with Crippen LogP contribution in [0.2, 0.25) is 0 Å². The van der Waals surface area contributed by atoms with Crippen LogP contribution in [0.4, 0.5) is 11.4 Å². The summed E-state index contributed by atoms with van der Waals surface area (Å²) in [6, 6.07) is 16.5. The van der Waals surface area contributed by atoms with E-state index in [2.05, 4.69) is 28.9 Å². The molecule has 2 aliphatic rings. The highest BCUT2D eigenvalue weighted by atomic mass is 16.2. The number of likely N-dealkylation sites (tertiary alicyclic amines) is 1. The van der Waals surface area contributed by atoms with Crippen molar-refractivity contribution >= 4 is 23.2 Å². The Kier molecular flexibility index (Phi) is 6.42. The van der Waals surface area contributed by atoms with Gasteiger partial charge >= 0.3 is 0 Å². The fourth-order valence-corrected chi connectivity index (χ4v) is 4.59. The van der Waals surface area contributed by atoms with Gasteiger partial charge in [-0.15, -0.1) is 0 Å². The molecule has 0 spiro atoms. The largest absolute Gasteiger partial charge is 0.369 e. The van der Waals surface area contributed by atoms with E-state index in [-0.39, 0.29) is 23.8 Å². The first-order valence-corrected chi connectivity index (χ1v) is 11.1. The van der Waals surface area contributed by atoms with Gasteiger partial charge in [0.15, 0.2) is 0 Å². The first-order chi connectivity index (χ1) is 15.5. The zero-order chi connectivity index (χ0) is 22.7. The molecule has 1 saturated heterocycles. The molecule has 0 aliphatic carbocycles. The van der Waals surface area contributed by atoms with Gasteiger partial charge in [-0.05, 0) is 42.5 Å². The maximum Gasteiger partial charge on any atom is 0.248 e. The number of hydrogen-bond donors (Lipinski definition) is 3. The van der Waals surface area contributed by atoms with Crippen molar-refractivity contribution < 1.29 is 9.59 Å². The number of rotatable bonds is 6. The number of hydrogen-bond acceptors (Lipinski definition) is 5. The molecule has 0 radical (unpaired) electrons. The van der Waals surface area contributed by atoms with E-state index in [1.54, 1.807) is 23.1 Å². The highest BCUT2D eigenvalue weighted by molar-refractivity contribution is 6.04. The van der Waals surface area contributed by atoms with Crippen molar-refractivity contribution in [3.8, 4) is 6.07 Å². The summed E-state index contributed by atoms with van der Waals surface area (Å²) in [6.07, 6.45) is 1.55. The van der Waals surface area contributed by atoms with Gasteiger partial charge < -0.3 is 20.9 Å². The van der Waals surface area contributed by atoms with E-state index < -0.39 is 6.04 Å².